The Morgan fingerprint density at radius 2 is 1.27 bits per heavy atom. The van der Waals surface area contributed by atoms with Crippen molar-refractivity contribution in [2.45, 2.75) is 32.1 Å². The molecule has 3 aromatic rings. The molecule has 0 N–H and O–H groups in total. The number of ether oxygens (including phenoxy) is 4. The van der Waals surface area contributed by atoms with E-state index in [0.29, 0.717) is 24.3 Å². The van der Waals surface area contributed by atoms with Gasteiger partial charge >= 0.3 is 0 Å². The molecule has 37 heavy (non-hydrogen) atoms. The Hall–Kier alpha value is -4.06. The third kappa shape index (κ3) is 5.85. The first kappa shape index (κ1) is 26.0. The molecule has 192 valence electrons. The highest BCUT2D eigenvalue weighted by atomic mass is 16.5. The summed E-state index contributed by atoms with van der Waals surface area (Å²) in [5, 5.41) is 0. The van der Waals surface area contributed by atoms with Gasteiger partial charge in [0.1, 0.15) is 11.5 Å². The molecule has 0 bridgehead atoms. The zero-order valence-corrected chi connectivity index (χ0v) is 21.8. The Bertz CT molecular complexity index is 1340. The fraction of sp³-hybridized carbons (Fsp3) is 0.290. The number of hydrogen-bond acceptors (Lipinski definition) is 6. The molecule has 0 amide bonds. The first-order chi connectivity index (χ1) is 18.0. The van der Waals surface area contributed by atoms with E-state index in [0.717, 1.165) is 64.2 Å². The predicted octanol–water partition coefficient (Wildman–Crippen LogP) is 6.14. The number of carbonyl (C=O) groups excluding carboxylic acids is 2. The molecule has 0 heterocycles. The lowest BCUT2D eigenvalue weighted by molar-refractivity contribution is 0.0971. The Kier molecular flexibility index (Phi) is 8.29. The van der Waals surface area contributed by atoms with Gasteiger partial charge in [0.25, 0.3) is 0 Å². The minimum Gasteiger partial charge on any atom is -0.497 e. The van der Waals surface area contributed by atoms with Crippen molar-refractivity contribution in [3.8, 4) is 23.0 Å². The lowest BCUT2D eigenvalue weighted by Crippen LogP contribution is -2.14. The SMILES string of the molecule is COc1ccc2c(c1)CCC(=Cc1ccc(OC)c(OC)c1)C2=O.COc1ccc2c(c1)CCCC2=O. The third-order valence-electron chi connectivity index (χ3n) is 6.72. The first-order valence-electron chi connectivity index (χ1n) is 12.3. The predicted molar refractivity (Wildman–Crippen MR) is 143 cm³/mol. The molecule has 3 aromatic carbocycles. The molecule has 0 spiro atoms. The molecule has 2 aliphatic rings. The van der Waals surface area contributed by atoms with E-state index in [4.69, 9.17) is 18.9 Å². The topological polar surface area (TPSA) is 71.1 Å². The minimum atomic E-state index is 0.0775. The molecular formula is C31H32O6. The Balaban J connectivity index is 0.000000207. The third-order valence-corrected chi connectivity index (χ3v) is 6.72. The number of ketones is 2. The second-order valence-electron chi connectivity index (χ2n) is 8.94. The van der Waals surface area contributed by atoms with Gasteiger partial charge in [0.2, 0.25) is 0 Å². The molecule has 0 radical (unpaired) electrons. The number of carbonyl (C=O) groups is 2. The van der Waals surface area contributed by atoms with Gasteiger partial charge in [-0.1, -0.05) is 6.07 Å². The smallest absolute Gasteiger partial charge is 0.189 e. The molecule has 5 rings (SSSR count). The summed E-state index contributed by atoms with van der Waals surface area (Å²) in [6.07, 6.45) is 6.14. The maximum atomic E-state index is 12.7. The number of benzene rings is 3. The maximum absolute atomic E-state index is 12.7. The van der Waals surface area contributed by atoms with Crippen LogP contribution in [-0.2, 0) is 12.8 Å². The van der Waals surface area contributed by atoms with Crippen molar-refractivity contribution in [2.75, 3.05) is 28.4 Å². The van der Waals surface area contributed by atoms with Gasteiger partial charge in [-0.05, 0) is 97.0 Å². The van der Waals surface area contributed by atoms with Gasteiger partial charge in [0.05, 0.1) is 28.4 Å². The quantitative estimate of drug-likeness (QED) is 0.392. The summed E-state index contributed by atoms with van der Waals surface area (Å²) in [4.78, 5) is 24.2. The lowest BCUT2D eigenvalue weighted by Gasteiger charge is -2.18. The molecule has 0 saturated heterocycles. The Morgan fingerprint density at radius 1 is 0.622 bits per heavy atom. The van der Waals surface area contributed by atoms with Gasteiger partial charge in [-0.15, -0.1) is 0 Å². The zero-order valence-electron chi connectivity index (χ0n) is 21.8. The Morgan fingerprint density at radius 3 is 1.92 bits per heavy atom. The molecule has 0 aromatic heterocycles. The molecule has 0 unspecified atom stereocenters. The van der Waals surface area contributed by atoms with Gasteiger partial charge in [0.15, 0.2) is 23.1 Å². The van der Waals surface area contributed by atoms with Crippen LogP contribution in [-0.4, -0.2) is 40.0 Å². The van der Waals surface area contributed by atoms with Crippen molar-refractivity contribution in [1.29, 1.82) is 0 Å². The van der Waals surface area contributed by atoms with Gasteiger partial charge in [-0.2, -0.15) is 0 Å². The summed E-state index contributed by atoms with van der Waals surface area (Å²) in [5.41, 5.74) is 5.55. The normalized spacial score (nSPS) is 15.2. The van der Waals surface area contributed by atoms with E-state index < -0.39 is 0 Å². The highest BCUT2D eigenvalue weighted by Crippen LogP contribution is 2.32. The number of rotatable bonds is 5. The van der Waals surface area contributed by atoms with E-state index in [1.807, 2.05) is 60.7 Å². The largest absolute Gasteiger partial charge is 0.497 e. The first-order valence-corrected chi connectivity index (χ1v) is 12.3. The van der Waals surface area contributed by atoms with Crippen LogP contribution in [0.3, 0.4) is 0 Å². The van der Waals surface area contributed by atoms with Crippen LogP contribution in [0.25, 0.3) is 6.08 Å². The van der Waals surface area contributed by atoms with Gasteiger partial charge in [-0.25, -0.2) is 0 Å². The second kappa shape index (κ2) is 11.8. The van der Waals surface area contributed by atoms with Crippen molar-refractivity contribution >= 4 is 17.6 Å². The van der Waals surface area contributed by atoms with Crippen molar-refractivity contribution in [2.24, 2.45) is 0 Å². The van der Waals surface area contributed by atoms with Crippen molar-refractivity contribution in [1.82, 2.24) is 0 Å². The van der Waals surface area contributed by atoms with Crippen molar-refractivity contribution in [3.05, 3.63) is 88.0 Å². The van der Waals surface area contributed by atoms with Crippen LogP contribution >= 0.6 is 0 Å². The zero-order chi connectivity index (χ0) is 26.4. The lowest BCUT2D eigenvalue weighted by atomic mass is 9.86. The molecular weight excluding hydrogens is 468 g/mol. The molecule has 0 aliphatic heterocycles. The highest BCUT2D eigenvalue weighted by molar-refractivity contribution is 6.13. The van der Waals surface area contributed by atoms with Crippen LogP contribution in [0.4, 0.5) is 0 Å². The summed E-state index contributed by atoms with van der Waals surface area (Å²) in [6, 6.07) is 16.9. The fourth-order valence-electron chi connectivity index (χ4n) is 4.71. The summed E-state index contributed by atoms with van der Waals surface area (Å²) in [7, 11) is 6.48. The van der Waals surface area contributed by atoms with Gasteiger partial charge in [0, 0.05) is 23.1 Å². The second-order valence-corrected chi connectivity index (χ2v) is 8.94. The fourth-order valence-corrected chi connectivity index (χ4v) is 4.71. The molecule has 0 fully saturated rings. The molecule has 6 heteroatoms. The van der Waals surface area contributed by atoms with E-state index in [2.05, 4.69) is 0 Å². The monoisotopic (exact) mass is 500 g/mol. The van der Waals surface area contributed by atoms with Crippen LogP contribution in [0, 0.1) is 0 Å². The highest BCUT2D eigenvalue weighted by Gasteiger charge is 2.22. The molecule has 0 atom stereocenters. The number of aryl methyl sites for hydroxylation is 2. The number of methoxy groups -OCH3 is 4. The summed E-state index contributed by atoms with van der Waals surface area (Å²) in [6.45, 7) is 0. The number of Topliss-reactive ketones (excluding diaryl/α,β-unsaturated/α-hetero) is 2. The van der Waals surface area contributed by atoms with Crippen LogP contribution in [0.2, 0.25) is 0 Å². The number of hydrogen-bond donors (Lipinski definition) is 0. The van der Waals surface area contributed by atoms with Crippen LogP contribution in [0.15, 0.2) is 60.2 Å². The summed E-state index contributed by atoms with van der Waals surface area (Å²) < 4.78 is 20.9. The van der Waals surface area contributed by atoms with Crippen LogP contribution < -0.4 is 18.9 Å². The summed E-state index contributed by atoms with van der Waals surface area (Å²) in [5.74, 6) is 3.30. The maximum Gasteiger partial charge on any atom is 0.189 e. The van der Waals surface area contributed by atoms with E-state index in [9.17, 15) is 9.59 Å². The molecule has 6 nitrogen and oxygen atoms in total. The van der Waals surface area contributed by atoms with Gasteiger partial charge in [-0.3, -0.25) is 9.59 Å². The molecule has 0 saturated carbocycles. The van der Waals surface area contributed by atoms with E-state index >= 15 is 0 Å². The molecule has 2 aliphatic carbocycles. The van der Waals surface area contributed by atoms with Crippen molar-refractivity contribution < 1.29 is 28.5 Å². The average molecular weight is 501 g/mol. The Labute approximate surface area is 217 Å². The van der Waals surface area contributed by atoms with E-state index in [-0.39, 0.29) is 11.6 Å². The van der Waals surface area contributed by atoms with E-state index in [1.165, 1.54) is 0 Å². The minimum absolute atomic E-state index is 0.0775. The summed E-state index contributed by atoms with van der Waals surface area (Å²) >= 11 is 0. The van der Waals surface area contributed by atoms with Gasteiger partial charge < -0.3 is 18.9 Å². The van der Waals surface area contributed by atoms with Crippen molar-refractivity contribution in [3.63, 3.8) is 0 Å². The van der Waals surface area contributed by atoms with E-state index in [1.54, 1.807) is 28.4 Å². The average Bonchev–Trinajstić information content (AvgIpc) is 2.94. The number of allylic oxidation sites excluding steroid dienone is 1. The number of fused-ring (bicyclic) bond motifs is 2. The van der Waals surface area contributed by atoms with Crippen LogP contribution in [0.5, 0.6) is 23.0 Å². The standard InChI is InChI=1S/C20H20O4.C11H12O2/c1-22-16-7-8-17-14(12-16)5-6-15(20(17)21)10-13-4-9-18(23-2)19(11-13)24-3;1-13-9-5-6-10-8(7-9)3-2-4-11(10)12/h4,7-12H,5-6H2,1-3H3;5-7H,2-4H2,1H3. The van der Waals surface area contributed by atoms with Crippen LogP contribution in [0.1, 0.15) is 56.7 Å².